The van der Waals surface area contributed by atoms with Gasteiger partial charge in [0.15, 0.2) is 5.82 Å². The second kappa shape index (κ2) is 11.8. The van der Waals surface area contributed by atoms with Crippen LogP contribution in [0.5, 0.6) is 0 Å². The van der Waals surface area contributed by atoms with E-state index < -0.39 is 18.0 Å². The zero-order valence-corrected chi connectivity index (χ0v) is 23.1. The van der Waals surface area contributed by atoms with Gasteiger partial charge in [-0.3, -0.25) is 4.90 Å². The summed E-state index contributed by atoms with van der Waals surface area (Å²) in [6.07, 6.45) is 3.21. The second-order valence-electron chi connectivity index (χ2n) is 10.5. The number of hydrogen-bond donors (Lipinski definition) is 2. The SMILES string of the molecule is Cc1nnn2c1-c1ccc(C3=CCN(C4CCC4)CC3)cc1C(Nc1cccc(Cl)c1F)CC2.O=C(O)C(F)(F)F. The van der Waals surface area contributed by atoms with Crippen LogP contribution >= 0.6 is 11.6 Å². The van der Waals surface area contributed by atoms with E-state index in [9.17, 15) is 17.6 Å². The smallest absolute Gasteiger partial charge is 0.475 e. The summed E-state index contributed by atoms with van der Waals surface area (Å²) in [5, 5.41) is 19.4. The van der Waals surface area contributed by atoms with E-state index in [-0.39, 0.29) is 11.1 Å². The number of halogens is 5. The molecule has 2 N–H and O–H groups in total. The van der Waals surface area contributed by atoms with Crippen LogP contribution in [0.4, 0.5) is 23.2 Å². The predicted octanol–water partition coefficient (Wildman–Crippen LogP) is 6.88. The highest BCUT2D eigenvalue weighted by atomic mass is 35.5. The first-order valence-corrected chi connectivity index (χ1v) is 13.9. The molecule has 3 aromatic rings. The molecule has 3 heterocycles. The highest BCUT2D eigenvalue weighted by Crippen LogP contribution is 2.40. The number of aromatic nitrogens is 3. The van der Waals surface area contributed by atoms with Gasteiger partial charge in [-0.2, -0.15) is 13.2 Å². The molecule has 1 aliphatic carbocycles. The molecule has 7 nitrogen and oxygen atoms in total. The Bertz CT molecular complexity index is 1470. The molecule has 0 spiro atoms. The fraction of sp³-hybridized carbons (Fsp3) is 0.414. The van der Waals surface area contributed by atoms with E-state index in [1.807, 2.05) is 11.6 Å². The van der Waals surface area contributed by atoms with Crippen molar-refractivity contribution in [1.29, 1.82) is 0 Å². The number of nitrogens with zero attached hydrogens (tertiary/aromatic N) is 4. The number of carboxylic acids is 1. The maximum atomic E-state index is 14.8. The van der Waals surface area contributed by atoms with E-state index in [1.54, 1.807) is 18.2 Å². The summed E-state index contributed by atoms with van der Waals surface area (Å²) in [5.74, 6) is -3.17. The van der Waals surface area contributed by atoms with Crippen LogP contribution in [0.3, 0.4) is 0 Å². The summed E-state index contributed by atoms with van der Waals surface area (Å²) in [5.41, 5.74) is 7.31. The predicted molar refractivity (Wildman–Crippen MR) is 148 cm³/mol. The number of aryl methyl sites for hydroxylation is 2. The first-order valence-electron chi connectivity index (χ1n) is 13.5. The van der Waals surface area contributed by atoms with Crippen molar-refractivity contribution >= 4 is 28.8 Å². The Hall–Kier alpha value is -3.44. The van der Waals surface area contributed by atoms with Crippen LogP contribution in [-0.4, -0.2) is 56.3 Å². The van der Waals surface area contributed by atoms with Crippen LogP contribution in [0.25, 0.3) is 16.8 Å². The molecule has 1 fully saturated rings. The third kappa shape index (κ3) is 6.25. The van der Waals surface area contributed by atoms with Gasteiger partial charge in [-0.05, 0) is 67.5 Å². The topological polar surface area (TPSA) is 83.3 Å². The lowest BCUT2D eigenvalue weighted by Gasteiger charge is -2.39. The molecule has 2 aromatic carbocycles. The van der Waals surface area contributed by atoms with Crippen LogP contribution in [-0.2, 0) is 11.3 Å². The van der Waals surface area contributed by atoms with Gasteiger partial charge in [-0.1, -0.05) is 47.5 Å². The van der Waals surface area contributed by atoms with E-state index in [4.69, 9.17) is 21.5 Å². The maximum absolute atomic E-state index is 14.8. The number of aliphatic carboxylic acids is 1. The molecular weight excluding hydrogens is 562 g/mol. The number of alkyl halides is 3. The van der Waals surface area contributed by atoms with Crippen molar-refractivity contribution in [2.75, 3.05) is 18.4 Å². The number of nitrogens with one attached hydrogen (secondary N) is 1. The van der Waals surface area contributed by atoms with Gasteiger partial charge in [0.05, 0.1) is 28.1 Å². The normalized spacial score (nSPS) is 19.1. The molecule has 0 bridgehead atoms. The molecule has 0 saturated heterocycles. The lowest BCUT2D eigenvalue weighted by atomic mass is 9.88. The van der Waals surface area contributed by atoms with E-state index in [1.165, 1.54) is 30.4 Å². The van der Waals surface area contributed by atoms with E-state index in [2.05, 4.69) is 44.8 Å². The lowest BCUT2D eigenvalue weighted by Crippen LogP contribution is -2.42. The first kappa shape index (κ1) is 29.1. The van der Waals surface area contributed by atoms with Crippen LogP contribution in [0, 0.1) is 12.7 Å². The van der Waals surface area contributed by atoms with E-state index in [0.717, 1.165) is 54.5 Å². The van der Waals surface area contributed by atoms with Crippen molar-refractivity contribution in [3.8, 4) is 11.3 Å². The molecule has 1 unspecified atom stereocenters. The van der Waals surface area contributed by atoms with Gasteiger partial charge in [-0.15, -0.1) is 5.10 Å². The summed E-state index contributed by atoms with van der Waals surface area (Å²) in [7, 11) is 0. The van der Waals surface area contributed by atoms with Crippen molar-refractivity contribution < 1.29 is 27.5 Å². The summed E-state index contributed by atoms with van der Waals surface area (Å²) in [4.78, 5) is 11.5. The molecule has 1 aromatic heterocycles. The molecule has 0 amide bonds. The van der Waals surface area contributed by atoms with Crippen LogP contribution in [0.2, 0.25) is 5.02 Å². The van der Waals surface area contributed by atoms with Crippen LogP contribution in [0.1, 0.15) is 55.0 Å². The average Bonchev–Trinajstić information content (AvgIpc) is 3.19. The Morgan fingerprint density at radius 1 is 1.15 bits per heavy atom. The van der Waals surface area contributed by atoms with Crippen molar-refractivity contribution in [3.05, 3.63) is 70.1 Å². The number of rotatable bonds is 4. The van der Waals surface area contributed by atoms with E-state index in [0.29, 0.717) is 12.2 Å². The average molecular weight is 592 g/mol. The maximum Gasteiger partial charge on any atom is 0.490 e. The molecule has 0 radical (unpaired) electrons. The molecule has 218 valence electrons. The van der Waals surface area contributed by atoms with E-state index >= 15 is 0 Å². The fourth-order valence-corrected chi connectivity index (χ4v) is 5.72. The van der Waals surface area contributed by atoms with Crippen molar-refractivity contribution in [1.82, 2.24) is 19.9 Å². The van der Waals surface area contributed by atoms with Gasteiger partial charge >= 0.3 is 12.1 Å². The number of anilines is 1. The van der Waals surface area contributed by atoms with Gasteiger partial charge in [0, 0.05) is 31.2 Å². The first-order chi connectivity index (χ1) is 19.5. The standard InChI is InChI=1S/C27H29ClFN5.C2HF3O2/c1-17-27-21-9-8-19(18-10-13-33(14-11-18)20-4-2-5-20)16-22(21)24(12-15-34(27)32-31-17)30-25-7-3-6-23(28)26(25)29;3-2(4,5)1(6)7/h3,6-10,16,20,24,30H,2,4-5,11-15H2,1H3;(H,6,7). The summed E-state index contributed by atoms with van der Waals surface area (Å²) < 4.78 is 48.5. The van der Waals surface area contributed by atoms with Gasteiger partial charge < -0.3 is 10.4 Å². The zero-order valence-electron chi connectivity index (χ0n) is 22.4. The second-order valence-corrected chi connectivity index (χ2v) is 10.9. The van der Waals surface area contributed by atoms with Gasteiger partial charge in [0.25, 0.3) is 0 Å². The number of benzene rings is 2. The molecule has 1 atom stereocenters. The van der Waals surface area contributed by atoms with Gasteiger partial charge in [0.2, 0.25) is 0 Å². The Balaban J connectivity index is 0.000000431. The molecular formula is C29H30ClF4N5O2. The third-order valence-electron chi connectivity index (χ3n) is 7.94. The van der Waals surface area contributed by atoms with Crippen molar-refractivity contribution in [3.63, 3.8) is 0 Å². The van der Waals surface area contributed by atoms with Gasteiger partial charge in [0.1, 0.15) is 0 Å². The zero-order chi connectivity index (χ0) is 29.3. The number of carboxylic acid groups (broad SMARTS) is 1. The minimum absolute atomic E-state index is 0.0697. The summed E-state index contributed by atoms with van der Waals surface area (Å²) in [6.45, 7) is 4.86. The van der Waals surface area contributed by atoms with Gasteiger partial charge in [-0.25, -0.2) is 13.9 Å². The lowest BCUT2D eigenvalue weighted by molar-refractivity contribution is -0.192. The molecule has 2 aliphatic heterocycles. The largest absolute Gasteiger partial charge is 0.490 e. The monoisotopic (exact) mass is 591 g/mol. The molecule has 6 rings (SSSR count). The third-order valence-corrected chi connectivity index (χ3v) is 8.23. The Kier molecular flexibility index (Phi) is 8.37. The highest BCUT2D eigenvalue weighted by molar-refractivity contribution is 6.31. The molecule has 12 heteroatoms. The Morgan fingerprint density at radius 2 is 1.90 bits per heavy atom. The molecule has 1 saturated carbocycles. The summed E-state index contributed by atoms with van der Waals surface area (Å²) in [6, 6.07) is 12.5. The van der Waals surface area contributed by atoms with Crippen molar-refractivity contribution in [2.45, 2.75) is 63.8 Å². The highest BCUT2D eigenvalue weighted by Gasteiger charge is 2.38. The molecule has 41 heavy (non-hydrogen) atoms. The van der Waals surface area contributed by atoms with Crippen molar-refractivity contribution in [2.24, 2.45) is 0 Å². The Morgan fingerprint density at radius 3 is 2.54 bits per heavy atom. The number of carbonyl (C=O) groups is 1. The molecule has 3 aliphatic rings. The summed E-state index contributed by atoms with van der Waals surface area (Å²) >= 11 is 6.07. The number of fused-ring (bicyclic) bond motifs is 3. The minimum atomic E-state index is -5.08. The Labute approximate surface area is 239 Å². The quantitative estimate of drug-likeness (QED) is 0.322. The van der Waals surface area contributed by atoms with Crippen LogP contribution in [0.15, 0.2) is 42.5 Å². The fourth-order valence-electron chi connectivity index (χ4n) is 5.55. The minimum Gasteiger partial charge on any atom is -0.475 e. The van der Waals surface area contributed by atoms with Crippen LogP contribution < -0.4 is 5.32 Å². The number of hydrogen-bond acceptors (Lipinski definition) is 5.